The molecule has 0 saturated carbocycles. The molecule has 7 nitrogen and oxygen atoms in total. The van der Waals surface area contributed by atoms with Crippen molar-refractivity contribution in [1.29, 1.82) is 0 Å². The molecular formula is C21H20N4O3S. The van der Waals surface area contributed by atoms with Crippen LogP contribution >= 0.6 is 11.3 Å². The van der Waals surface area contributed by atoms with Crippen molar-refractivity contribution in [3.05, 3.63) is 67.5 Å². The molecule has 5 rings (SSSR count). The SMILES string of the molecule is CCn1nccc1/C=c1\sc2n(c1=O)[C@H]1c3ccccc3O[C@@](C)(N=2)[C@H]1C(C)=O. The van der Waals surface area contributed by atoms with Gasteiger partial charge in [-0.25, -0.2) is 4.99 Å². The molecule has 0 fully saturated rings. The highest BCUT2D eigenvalue weighted by Crippen LogP contribution is 2.47. The van der Waals surface area contributed by atoms with Crippen LogP contribution < -0.4 is 19.6 Å². The van der Waals surface area contributed by atoms with E-state index in [0.29, 0.717) is 21.6 Å². The molecular weight excluding hydrogens is 388 g/mol. The van der Waals surface area contributed by atoms with E-state index in [-0.39, 0.29) is 11.3 Å². The van der Waals surface area contributed by atoms with Crippen LogP contribution in [0.15, 0.2) is 46.3 Å². The van der Waals surface area contributed by atoms with Gasteiger partial charge >= 0.3 is 0 Å². The maximum absolute atomic E-state index is 13.4. The van der Waals surface area contributed by atoms with E-state index in [1.807, 2.05) is 54.9 Å². The number of benzene rings is 1. The second-order valence-electron chi connectivity index (χ2n) is 7.48. The average molecular weight is 408 g/mol. The number of hydrogen-bond donors (Lipinski definition) is 0. The summed E-state index contributed by atoms with van der Waals surface area (Å²) in [7, 11) is 0. The number of aromatic nitrogens is 3. The fourth-order valence-corrected chi connectivity index (χ4v) is 5.50. The van der Waals surface area contributed by atoms with E-state index in [1.165, 1.54) is 18.3 Å². The number of Topliss-reactive ketones (excluding diaryl/α,β-unsaturated/α-hetero) is 1. The van der Waals surface area contributed by atoms with Crippen LogP contribution in [0, 0.1) is 5.92 Å². The molecule has 0 N–H and O–H groups in total. The van der Waals surface area contributed by atoms with Crippen LogP contribution in [0.25, 0.3) is 6.08 Å². The Labute approximate surface area is 170 Å². The standard InChI is InChI=1S/C21H20N4O3S/c1-4-24-13(9-10-22-24)11-16-19(27)25-18-14-7-5-6-8-15(14)28-21(3,17(18)12(2)26)23-20(25)29-16/h5-11,17-18H,4H2,1-3H3/b16-11-/t17-,18-,21+/m0/s1. The first kappa shape index (κ1) is 18.1. The zero-order valence-electron chi connectivity index (χ0n) is 16.3. The summed E-state index contributed by atoms with van der Waals surface area (Å²) in [4.78, 5) is 31.4. The summed E-state index contributed by atoms with van der Waals surface area (Å²) in [5.41, 5.74) is 0.515. The molecule has 0 radical (unpaired) electrons. The predicted molar refractivity (Wildman–Crippen MR) is 109 cm³/mol. The van der Waals surface area contributed by atoms with Gasteiger partial charge in [0.15, 0.2) is 4.80 Å². The fraction of sp³-hybridized carbons (Fsp3) is 0.333. The van der Waals surface area contributed by atoms with Gasteiger partial charge in [-0.2, -0.15) is 5.10 Å². The van der Waals surface area contributed by atoms with Gasteiger partial charge in [0.05, 0.1) is 16.3 Å². The first-order valence-electron chi connectivity index (χ1n) is 9.56. The topological polar surface area (TPSA) is 78.5 Å². The van der Waals surface area contributed by atoms with Crippen LogP contribution in [0.5, 0.6) is 5.75 Å². The lowest BCUT2D eigenvalue weighted by Crippen LogP contribution is -2.58. The van der Waals surface area contributed by atoms with Crippen LogP contribution in [-0.2, 0) is 11.3 Å². The number of aryl methyl sites for hydroxylation is 1. The lowest BCUT2D eigenvalue weighted by Gasteiger charge is -2.45. The van der Waals surface area contributed by atoms with Gasteiger partial charge in [0.1, 0.15) is 17.5 Å². The van der Waals surface area contributed by atoms with Gasteiger partial charge in [-0.3, -0.25) is 18.8 Å². The van der Waals surface area contributed by atoms with E-state index < -0.39 is 17.7 Å². The van der Waals surface area contributed by atoms with Crippen molar-refractivity contribution in [2.24, 2.45) is 10.9 Å². The van der Waals surface area contributed by atoms with E-state index >= 15 is 0 Å². The Morgan fingerprint density at radius 1 is 1.34 bits per heavy atom. The van der Waals surface area contributed by atoms with Gasteiger partial charge in [0.2, 0.25) is 5.72 Å². The third kappa shape index (κ3) is 2.55. The molecule has 2 aromatic heterocycles. The quantitative estimate of drug-likeness (QED) is 0.658. The number of carbonyl (C=O) groups excluding carboxylic acids is 1. The first-order valence-corrected chi connectivity index (χ1v) is 10.4. The Morgan fingerprint density at radius 2 is 2.14 bits per heavy atom. The van der Waals surface area contributed by atoms with Gasteiger partial charge < -0.3 is 4.74 Å². The van der Waals surface area contributed by atoms with Gasteiger partial charge in [-0.1, -0.05) is 29.5 Å². The summed E-state index contributed by atoms with van der Waals surface area (Å²) in [6.45, 7) is 6.08. The molecule has 2 aliphatic heterocycles. The summed E-state index contributed by atoms with van der Waals surface area (Å²) >= 11 is 1.32. The lowest BCUT2D eigenvalue weighted by molar-refractivity contribution is -0.132. The number of ether oxygens (including phenoxy) is 1. The van der Waals surface area contributed by atoms with Crippen molar-refractivity contribution in [1.82, 2.24) is 14.3 Å². The van der Waals surface area contributed by atoms with Crippen molar-refractivity contribution >= 4 is 23.2 Å². The highest BCUT2D eigenvalue weighted by molar-refractivity contribution is 7.07. The van der Waals surface area contributed by atoms with Gasteiger partial charge in [-0.15, -0.1) is 0 Å². The van der Waals surface area contributed by atoms with Crippen LogP contribution in [-0.4, -0.2) is 25.9 Å². The van der Waals surface area contributed by atoms with Crippen molar-refractivity contribution < 1.29 is 9.53 Å². The van der Waals surface area contributed by atoms with E-state index in [0.717, 1.165) is 11.3 Å². The highest BCUT2D eigenvalue weighted by atomic mass is 32.1. The summed E-state index contributed by atoms with van der Waals surface area (Å²) in [5.74, 6) is 0.0555. The number of para-hydroxylation sites is 1. The number of rotatable bonds is 3. The number of ketones is 1. The monoisotopic (exact) mass is 408 g/mol. The maximum atomic E-state index is 13.4. The van der Waals surface area contributed by atoms with Crippen molar-refractivity contribution in [3.63, 3.8) is 0 Å². The summed E-state index contributed by atoms with van der Waals surface area (Å²) in [5, 5.41) is 4.26. The van der Waals surface area contributed by atoms with Crippen LogP contribution in [0.2, 0.25) is 0 Å². The first-order chi connectivity index (χ1) is 13.9. The largest absolute Gasteiger partial charge is 0.465 e. The van der Waals surface area contributed by atoms with E-state index in [2.05, 4.69) is 5.10 Å². The number of fused-ring (bicyclic) bond motifs is 6. The number of carbonyl (C=O) groups is 1. The third-order valence-electron chi connectivity index (χ3n) is 5.65. The van der Waals surface area contributed by atoms with E-state index in [4.69, 9.17) is 9.73 Å². The van der Waals surface area contributed by atoms with Crippen molar-refractivity contribution in [2.75, 3.05) is 0 Å². The zero-order valence-corrected chi connectivity index (χ0v) is 17.1. The van der Waals surface area contributed by atoms with Gasteiger partial charge in [0.25, 0.3) is 5.56 Å². The minimum absolute atomic E-state index is 0.0471. The van der Waals surface area contributed by atoms with Crippen LogP contribution in [0.4, 0.5) is 0 Å². The zero-order chi connectivity index (χ0) is 20.3. The van der Waals surface area contributed by atoms with Crippen molar-refractivity contribution in [2.45, 2.75) is 39.1 Å². The molecule has 0 amide bonds. The third-order valence-corrected chi connectivity index (χ3v) is 6.63. The van der Waals surface area contributed by atoms with Gasteiger partial charge in [0, 0.05) is 18.3 Å². The second kappa shape index (κ2) is 6.25. The molecule has 8 heteroatoms. The minimum atomic E-state index is -1.04. The van der Waals surface area contributed by atoms with E-state index in [9.17, 15) is 9.59 Å². The molecule has 29 heavy (non-hydrogen) atoms. The molecule has 148 valence electrons. The number of thiazole rings is 1. The normalized spacial score (nSPS) is 25.0. The summed E-state index contributed by atoms with van der Waals surface area (Å²) in [6.07, 6.45) is 3.56. The molecule has 3 atom stereocenters. The fourth-order valence-electron chi connectivity index (χ4n) is 4.42. The number of nitrogens with zero attached hydrogens (tertiary/aromatic N) is 4. The molecule has 4 heterocycles. The Kier molecular flexibility index (Phi) is 3.89. The second-order valence-corrected chi connectivity index (χ2v) is 8.49. The molecule has 0 saturated heterocycles. The molecule has 2 aliphatic rings. The number of hydrogen-bond acceptors (Lipinski definition) is 6. The molecule has 1 aromatic carbocycles. The smallest absolute Gasteiger partial charge is 0.270 e. The van der Waals surface area contributed by atoms with E-state index in [1.54, 1.807) is 10.8 Å². The Morgan fingerprint density at radius 3 is 2.90 bits per heavy atom. The highest BCUT2D eigenvalue weighted by Gasteiger charge is 2.53. The average Bonchev–Trinajstić information content (AvgIpc) is 3.24. The maximum Gasteiger partial charge on any atom is 0.270 e. The van der Waals surface area contributed by atoms with Crippen molar-refractivity contribution in [3.8, 4) is 5.75 Å². The predicted octanol–water partition coefficient (Wildman–Crippen LogP) is 1.49. The van der Waals surface area contributed by atoms with Crippen LogP contribution in [0.3, 0.4) is 0 Å². The molecule has 0 spiro atoms. The molecule has 3 aromatic rings. The molecule has 0 aliphatic carbocycles. The summed E-state index contributed by atoms with van der Waals surface area (Å²) in [6, 6.07) is 9.01. The summed E-state index contributed by atoms with van der Waals surface area (Å²) < 4.78 is 10.3. The molecule has 0 unspecified atom stereocenters. The molecule has 2 bridgehead atoms. The lowest BCUT2D eigenvalue weighted by atomic mass is 9.79. The Hall–Kier alpha value is -3.00. The Bertz CT molecular complexity index is 1320. The van der Waals surface area contributed by atoms with Crippen LogP contribution in [0.1, 0.15) is 38.1 Å². The minimum Gasteiger partial charge on any atom is -0.465 e. The van der Waals surface area contributed by atoms with Gasteiger partial charge in [-0.05, 0) is 39.0 Å². The Balaban J connectivity index is 1.81.